The van der Waals surface area contributed by atoms with Gasteiger partial charge in [0, 0.05) is 9.86 Å². The van der Waals surface area contributed by atoms with E-state index in [-0.39, 0.29) is 5.82 Å². The van der Waals surface area contributed by atoms with Crippen LogP contribution in [0.4, 0.5) is 4.39 Å². The number of aromatic amines is 1. The van der Waals surface area contributed by atoms with E-state index in [9.17, 15) is 4.39 Å². The molecule has 0 saturated carbocycles. The van der Waals surface area contributed by atoms with Gasteiger partial charge in [-0.15, -0.1) is 0 Å². The molecular weight excluding hydrogens is 235 g/mol. The lowest BCUT2D eigenvalue weighted by Crippen LogP contribution is -1.76. The van der Waals surface area contributed by atoms with Gasteiger partial charge in [-0.05, 0) is 34.1 Å². The third kappa shape index (κ3) is 1.31. The fourth-order valence-electron chi connectivity index (χ4n) is 1.23. The van der Waals surface area contributed by atoms with E-state index in [1.54, 1.807) is 6.07 Å². The SMILES string of the molecule is N#Cc1cc2cc(F)cc(Br)c2[nH]1. The molecule has 0 atom stereocenters. The Kier molecular flexibility index (Phi) is 1.82. The highest BCUT2D eigenvalue weighted by Crippen LogP contribution is 2.25. The molecule has 0 aliphatic heterocycles. The van der Waals surface area contributed by atoms with Gasteiger partial charge in [-0.25, -0.2) is 4.39 Å². The molecule has 0 saturated heterocycles. The van der Waals surface area contributed by atoms with Crippen LogP contribution < -0.4 is 0 Å². The summed E-state index contributed by atoms with van der Waals surface area (Å²) < 4.78 is 13.5. The van der Waals surface area contributed by atoms with Gasteiger partial charge in [-0.3, -0.25) is 0 Å². The van der Waals surface area contributed by atoms with Crippen molar-refractivity contribution in [2.24, 2.45) is 0 Å². The molecular formula is C9H4BrFN2. The summed E-state index contributed by atoms with van der Waals surface area (Å²) in [7, 11) is 0. The number of hydrogen-bond acceptors (Lipinski definition) is 1. The topological polar surface area (TPSA) is 39.6 Å². The molecule has 64 valence electrons. The molecule has 1 heterocycles. The molecule has 1 aromatic carbocycles. The monoisotopic (exact) mass is 238 g/mol. The quantitative estimate of drug-likeness (QED) is 0.754. The number of rotatable bonds is 0. The van der Waals surface area contributed by atoms with Crippen LogP contribution in [0.3, 0.4) is 0 Å². The summed E-state index contributed by atoms with van der Waals surface area (Å²) in [6.07, 6.45) is 0. The van der Waals surface area contributed by atoms with Crippen molar-refractivity contribution < 1.29 is 4.39 Å². The van der Waals surface area contributed by atoms with E-state index < -0.39 is 0 Å². The first-order chi connectivity index (χ1) is 6.20. The third-order valence-electron chi connectivity index (χ3n) is 1.77. The highest BCUT2D eigenvalue weighted by atomic mass is 79.9. The van der Waals surface area contributed by atoms with Gasteiger partial charge in [-0.2, -0.15) is 5.26 Å². The Bertz CT molecular complexity index is 510. The summed E-state index contributed by atoms with van der Waals surface area (Å²) in [4.78, 5) is 2.87. The molecule has 13 heavy (non-hydrogen) atoms. The first-order valence-corrected chi connectivity index (χ1v) is 4.38. The second-order valence-electron chi connectivity index (χ2n) is 2.65. The predicted molar refractivity (Wildman–Crippen MR) is 50.7 cm³/mol. The van der Waals surface area contributed by atoms with Crippen LogP contribution >= 0.6 is 15.9 Å². The lowest BCUT2D eigenvalue weighted by atomic mass is 10.2. The summed E-state index contributed by atoms with van der Waals surface area (Å²) in [5.41, 5.74) is 1.18. The van der Waals surface area contributed by atoms with E-state index >= 15 is 0 Å². The number of halogens is 2. The second kappa shape index (κ2) is 2.86. The molecule has 0 aliphatic carbocycles. The van der Waals surface area contributed by atoms with Gasteiger partial charge in [-0.1, -0.05) is 0 Å². The molecule has 2 rings (SSSR count). The molecule has 1 aromatic heterocycles. The molecule has 0 amide bonds. The minimum atomic E-state index is -0.317. The van der Waals surface area contributed by atoms with Crippen LogP contribution in [0.2, 0.25) is 0 Å². The highest BCUT2D eigenvalue weighted by molar-refractivity contribution is 9.10. The summed E-state index contributed by atoms with van der Waals surface area (Å²) in [6, 6.07) is 6.33. The Hall–Kier alpha value is -1.34. The van der Waals surface area contributed by atoms with Crippen molar-refractivity contribution in [2.75, 3.05) is 0 Å². The zero-order chi connectivity index (χ0) is 9.42. The van der Waals surface area contributed by atoms with E-state index in [0.717, 1.165) is 5.52 Å². The molecule has 1 N–H and O–H groups in total. The average molecular weight is 239 g/mol. The Morgan fingerprint density at radius 3 is 2.85 bits per heavy atom. The van der Waals surface area contributed by atoms with E-state index in [1.165, 1.54) is 12.1 Å². The third-order valence-corrected chi connectivity index (χ3v) is 2.39. The predicted octanol–water partition coefficient (Wildman–Crippen LogP) is 2.94. The standard InChI is InChI=1S/C9H4BrFN2/c10-8-3-6(11)1-5-2-7(4-12)13-9(5)8/h1-3,13H. The van der Waals surface area contributed by atoms with Crippen LogP contribution in [0, 0.1) is 17.1 Å². The molecule has 0 spiro atoms. The molecule has 2 nitrogen and oxygen atoms in total. The fraction of sp³-hybridized carbons (Fsp3) is 0. The molecule has 0 unspecified atom stereocenters. The van der Waals surface area contributed by atoms with Gasteiger partial charge < -0.3 is 4.98 Å². The van der Waals surface area contributed by atoms with Crippen LogP contribution in [0.1, 0.15) is 5.69 Å². The van der Waals surface area contributed by atoms with Crippen molar-refractivity contribution in [3.8, 4) is 6.07 Å². The number of nitriles is 1. The zero-order valence-electron chi connectivity index (χ0n) is 6.44. The first kappa shape index (κ1) is 8.27. The van der Waals surface area contributed by atoms with Crippen molar-refractivity contribution in [3.63, 3.8) is 0 Å². The normalized spacial score (nSPS) is 10.2. The second-order valence-corrected chi connectivity index (χ2v) is 3.50. The van der Waals surface area contributed by atoms with Crippen molar-refractivity contribution in [2.45, 2.75) is 0 Å². The maximum absolute atomic E-state index is 12.9. The summed E-state index contributed by atoms with van der Waals surface area (Å²) in [5, 5.41) is 9.31. The fourth-order valence-corrected chi connectivity index (χ4v) is 1.77. The lowest BCUT2D eigenvalue weighted by molar-refractivity contribution is 0.629. The number of hydrogen-bond donors (Lipinski definition) is 1. The van der Waals surface area contributed by atoms with Crippen molar-refractivity contribution >= 4 is 26.8 Å². The minimum absolute atomic E-state index is 0.317. The number of benzene rings is 1. The molecule has 0 bridgehead atoms. The van der Waals surface area contributed by atoms with Crippen molar-refractivity contribution in [1.82, 2.24) is 4.98 Å². The van der Waals surface area contributed by atoms with Gasteiger partial charge in [0.1, 0.15) is 17.6 Å². The maximum atomic E-state index is 12.9. The zero-order valence-corrected chi connectivity index (χ0v) is 8.02. The minimum Gasteiger partial charge on any atom is -0.345 e. The van der Waals surface area contributed by atoms with E-state index in [4.69, 9.17) is 5.26 Å². The smallest absolute Gasteiger partial charge is 0.125 e. The van der Waals surface area contributed by atoms with Crippen LogP contribution in [0.15, 0.2) is 22.7 Å². The van der Waals surface area contributed by atoms with Crippen LogP contribution in [0.5, 0.6) is 0 Å². The van der Waals surface area contributed by atoms with Gasteiger partial charge in [0.05, 0.1) is 5.52 Å². The molecule has 0 fully saturated rings. The van der Waals surface area contributed by atoms with Crippen LogP contribution in [-0.2, 0) is 0 Å². The molecule has 0 aliphatic rings. The van der Waals surface area contributed by atoms with Crippen LogP contribution in [-0.4, -0.2) is 4.98 Å². The average Bonchev–Trinajstić information content (AvgIpc) is 2.47. The number of H-pyrrole nitrogens is 1. The largest absolute Gasteiger partial charge is 0.345 e. The van der Waals surface area contributed by atoms with E-state index in [2.05, 4.69) is 20.9 Å². The summed E-state index contributed by atoms with van der Waals surface area (Å²) in [5.74, 6) is -0.317. The number of nitrogens with zero attached hydrogens (tertiary/aromatic N) is 1. The Morgan fingerprint density at radius 1 is 1.38 bits per heavy atom. The van der Waals surface area contributed by atoms with E-state index in [0.29, 0.717) is 15.6 Å². The summed E-state index contributed by atoms with van der Waals surface area (Å²) >= 11 is 3.21. The highest BCUT2D eigenvalue weighted by Gasteiger charge is 2.05. The van der Waals surface area contributed by atoms with Crippen molar-refractivity contribution in [3.05, 3.63) is 34.2 Å². The summed E-state index contributed by atoms with van der Waals surface area (Å²) in [6.45, 7) is 0. The number of nitrogens with one attached hydrogen (secondary N) is 1. The number of aromatic nitrogens is 1. The Morgan fingerprint density at radius 2 is 2.15 bits per heavy atom. The molecule has 0 radical (unpaired) electrons. The number of fused-ring (bicyclic) bond motifs is 1. The Labute approximate surface area is 82.1 Å². The van der Waals surface area contributed by atoms with Crippen LogP contribution in [0.25, 0.3) is 10.9 Å². The Balaban J connectivity index is 2.84. The molecule has 2 aromatic rings. The lowest BCUT2D eigenvalue weighted by Gasteiger charge is -1.93. The first-order valence-electron chi connectivity index (χ1n) is 3.58. The van der Waals surface area contributed by atoms with Gasteiger partial charge >= 0.3 is 0 Å². The van der Waals surface area contributed by atoms with E-state index in [1.807, 2.05) is 6.07 Å². The maximum Gasteiger partial charge on any atom is 0.125 e. The van der Waals surface area contributed by atoms with Gasteiger partial charge in [0.2, 0.25) is 0 Å². The van der Waals surface area contributed by atoms with Gasteiger partial charge in [0.25, 0.3) is 0 Å². The van der Waals surface area contributed by atoms with Crippen molar-refractivity contribution in [1.29, 1.82) is 5.26 Å². The van der Waals surface area contributed by atoms with Gasteiger partial charge in [0.15, 0.2) is 0 Å². The molecule has 4 heteroatoms.